The van der Waals surface area contributed by atoms with Gasteiger partial charge in [-0.3, -0.25) is 34.3 Å². The van der Waals surface area contributed by atoms with Crippen molar-refractivity contribution >= 4 is 58.6 Å². The van der Waals surface area contributed by atoms with E-state index in [9.17, 15) is 24.0 Å². The van der Waals surface area contributed by atoms with E-state index in [1.54, 1.807) is 24.4 Å². The first-order valence-corrected chi connectivity index (χ1v) is 22.4. The normalized spacial score (nSPS) is 15.5. The van der Waals surface area contributed by atoms with Gasteiger partial charge in [-0.2, -0.15) is 5.10 Å². The fourth-order valence-corrected chi connectivity index (χ4v) is 8.49. The second kappa shape index (κ2) is 22.0. The summed E-state index contributed by atoms with van der Waals surface area (Å²) in [7, 11) is 0. The lowest BCUT2D eigenvalue weighted by Crippen LogP contribution is -2.45. The zero-order chi connectivity index (χ0) is 44.1. The first-order valence-electron chi connectivity index (χ1n) is 21.6. The number of pyridine rings is 1. The van der Waals surface area contributed by atoms with Crippen LogP contribution in [0, 0.1) is 0 Å². The van der Waals surface area contributed by atoms with Crippen LogP contribution in [0.5, 0.6) is 0 Å². The number of benzene rings is 3. The summed E-state index contributed by atoms with van der Waals surface area (Å²) in [6.45, 7) is 2.39. The van der Waals surface area contributed by atoms with Gasteiger partial charge in [-0.15, -0.1) is 0 Å². The molecule has 0 radical (unpaired) electrons. The number of halogens is 2. The monoisotopic (exact) mass is 891 g/mol. The minimum Gasteiger partial charge on any atom is -0.368 e. The predicted octanol–water partition coefficient (Wildman–Crippen LogP) is 8.33. The number of likely N-dealkylation sites (tertiary alicyclic amines) is 1. The number of hydrogen-bond acceptors (Lipinski definition) is 8. The summed E-state index contributed by atoms with van der Waals surface area (Å²) >= 11 is 13.0. The highest BCUT2D eigenvalue weighted by molar-refractivity contribution is 6.38. The molecule has 1 atom stereocenters. The molecule has 5 amide bonds. The fourth-order valence-electron chi connectivity index (χ4n) is 7.92. The molecule has 2 saturated heterocycles. The van der Waals surface area contributed by atoms with Gasteiger partial charge in [-0.25, -0.2) is 4.68 Å². The van der Waals surface area contributed by atoms with Gasteiger partial charge in [0.15, 0.2) is 5.69 Å². The van der Waals surface area contributed by atoms with Gasteiger partial charge in [0, 0.05) is 50.3 Å². The van der Waals surface area contributed by atoms with Gasteiger partial charge in [0.05, 0.1) is 33.6 Å². The zero-order valence-corrected chi connectivity index (χ0v) is 36.5. The molecule has 3 aromatic carbocycles. The molecule has 2 fully saturated rings. The molecule has 15 heteroatoms. The minimum atomic E-state index is -0.564. The Morgan fingerprint density at radius 3 is 2.30 bits per heavy atom. The highest BCUT2D eigenvalue weighted by Crippen LogP contribution is 2.33. The molecular formula is C48H51Cl2N7O6. The lowest BCUT2D eigenvalue weighted by atomic mass is 9.88. The lowest BCUT2D eigenvalue weighted by molar-refractivity contribution is -0.143. The Kier molecular flexibility index (Phi) is 15.7. The number of anilines is 1. The molecule has 1 unspecified atom stereocenters. The Morgan fingerprint density at radius 1 is 0.810 bits per heavy atom. The summed E-state index contributed by atoms with van der Waals surface area (Å²) < 4.78 is 7.23. The van der Waals surface area contributed by atoms with Crippen LogP contribution in [-0.2, 0) is 25.5 Å². The average molecular weight is 893 g/mol. The van der Waals surface area contributed by atoms with Crippen molar-refractivity contribution in [1.82, 2.24) is 30.3 Å². The molecule has 0 saturated carbocycles. The van der Waals surface area contributed by atoms with Gasteiger partial charge >= 0.3 is 0 Å². The van der Waals surface area contributed by atoms with Gasteiger partial charge in [-0.05, 0) is 92.0 Å². The van der Waals surface area contributed by atoms with Crippen molar-refractivity contribution in [3.63, 3.8) is 0 Å². The first-order chi connectivity index (χ1) is 30.6. The maximum Gasteiger partial charge on any atom is 0.271 e. The SMILES string of the molecule is O=C1CCC(OCCc2ccc(C3CCN(C(=O)CCCCCCCNC(=O)c4cc(NC(=O)c5cc(-c6ccccn6)c(Cl)cc5Cl)n(-c5ccccc5)n4)CC3)cc2)C(=O)N1. The number of nitrogens with zero attached hydrogens (tertiary/aromatic N) is 4. The molecule has 5 aromatic rings. The molecule has 4 heterocycles. The van der Waals surface area contributed by atoms with Crippen molar-refractivity contribution in [3.8, 4) is 16.9 Å². The molecule has 3 N–H and O–H groups in total. The molecule has 328 valence electrons. The topological polar surface area (TPSA) is 165 Å². The molecule has 13 nitrogen and oxygen atoms in total. The largest absolute Gasteiger partial charge is 0.368 e. The molecule has 7 rings (SSSR count). The minimum absolute atomic E-state index is 0.150. The third kappa shape index (κ3) is 12.2. The Bertz CT molecular complexity index is 2390. The maximum atomic E-state index is 13.6. The van der Waals surface area contributed by atoms with Crippen molar-refractivity contribution < 1.29 is 28.7 Å². The van der Waals surface area contributed by atoms with Crippen LogP contribution in [0.25, 0.3) is 16.9 Å². The van der Waals surface area contributed by atoms with Gasteiger partial charge in [0.2, 0.25) is 11.8 Å². The quantitative estimate of drug-likeness (QED) is 0.0584. The summed E-state index contributed by atoms with van der Waals surface area (Å²) in [4.78, 5) is 69.5. The fraction of sp³-hybridized carbons (Fsp3) is 0.354. The van der Waals surface area contributed by atoms with Crippen LogP contribution in [0.2, 0.25) is 10.0 Å². The zero-order valence-electron chi connectivity index (χ0n) is 35.0. The number of piperidine rings is 2. The third-order valence-electron chi connectivity index (χ3n) is 11.5. The van der Waals surface area contributed by atoms with E-state index in [-0.39, 0.29) is 39.9 Å². The highest BCUT2D eigenvalue weighted by Gasteiger charge is 2.27. The van der Waals surface area contributed by atoms with Crippen LogP contribution in [0.3, 0.4) is 0 Å². The van der Waals surface area contributed by atoms with Crippen molar-refractivity contribution in [2.75, 3.05) is 31.6 Å². The maximum absolute atomic E-state index is 13.6. The van der Waals surface area contributed by atoms with Gasteiger partial charge in [0.25, 0.3) is 17.7 Å². The van der Waals surface area contributed by atoms with Gasteiger partial charge in [-0.1, -0.05) is 91.0 Å². The molecule has 0 bridgehead atoms. The van der Waals surface area contributed by atoms with Crippen LogP contribution >= 0.6 is 23.2 Å². The number of amides is 5. The number of carbonyl (C=O) groups is 5. The van der Waals surface area contributed by atoms with Crippen molar-refractivity contribution in [3.05, 3.63) is 130 Å². The number of hydrogen-bond donors (Lipinski definition) is 3. The Hall–Kier alpha value is -5.89. The van der Waals surface area contributed by atoms with Gasteiger partial charge in [0.1, 0.15) is 11.9 Å². The smallest absolute Gasteiger partial charge is 0.271 e. The predicted molar refractivity (Wildman–Crippen MR) is 242 cm³/mol. The molecule has 2 aliphatic rings. The third-order valence-corrected chi connectivity index (χ3v) is 12.1. The number of nitrogens with one attached hydrogen (secondary N) is 3. The summed E-state index contributed by atoms with van der Waals surface area (Å²) in [5.41, 5.74) is 4.55. The summed E-state index contributed by atoms with van der Waals surface area (Å²) in [5, 5.41) is 13.2. The Labute approximate surface area is 376 Å². The van der Waals surface area contributed by atoms with Crippen LogP contribution in [0.1, 0.15) is 102 Å². The van der Waals surface area contributed by atoms with E-state index in [0.29, 0.717) is 72.5 Å². The summed E-state index contributed by atoms with van der Waals surface area (Å²) in [6.07, 6.45) is 9.32. The number of ether oxygens (including phenoxy) is 1. The Morgan fingerprint density at radius 2 is 1.56 bits per heavy atom. The molecule has 2 aromatic heterocycles. The van der Waals surface area contributed by atoms with Crippen LogP contribution in [0.15, 0.2) is 97.2 Å². The average Bonchev–Trinajstić information content (AvgIpc) is 3.72. The highest BCUT2D eigenvalue weighted by atomic mass is 35.5. The molecule has 0 spiro atoms. The lowest BCUT2D eigenvalue weighted by Gasteiger charge is -2.32. The second-order valence-corrected chi connectivity index (χ2v) is 16.7. The van der Waals surface area contributed by atoms with E-state index in [0.717, 1.165) is 63.6 Å². The number of aromatic nitrogens is 3. The number of rotatable bonds is 18. The van der Waals surface area contributed by atoms with E-state index in [2.05, 4.69) is 50.3 Å². The van der Waals surface area contributed by atoms with Crippen molar-refractivity contribution in [2.45, 2.75) is 82.7 Å². The Balaban J connectivity index is 0.800. The summed E-state index contributed by atoms with van der Waals surface area (Å²) in [6, 6.07) is 27.8. The van der Waals surface area contributed by atoms with Crippen molar-refractivity contribution in [2.24, 2.45) is 0 Å². The first kappa shape index (κ1) is 45.1. The van der Waals surface area contributed by atoms with Crippen LogP contribution < -0.4 is 16.0 Å². The number of carbonyl (C=O) groups excluding carboxylic acids is 5. The molecule has 0 aliphatic carbocycles. The number of unbranched alkanes of at least 4 members (excludes halogenated alkanes) is 4. The molecule has 2 aliphatic heterocycles. The number of para-hydroxylation sites is 1. The second-order valence-electron chi connectivity index (χ2n) is 15.9. The van der Waals surface area contributed by atoms with E-state index in [4.69, 9.17) is 27.9 Å². The van der Waals surface area contributed by atoms with E-state index >= 15 is 0 Å². The number of imide groups is 1. The molecule has 63 heavy (non-hydrogen) atoms. The van der Waals surface area contributed by atoms with E-state index in [1.807, 2.05) is 41.3 Å². The van der Waals surface area contributed by atoms with Crippen LogP contribution in [-0.4, -0.2) is 81.5 Å². The van der Waals surface area contributed by atoms with Crippen LogP contribution in [0.4, 0.5) is 5.82 Å². The van der Waals surface area contributed by atoms with E-state index in [1.165, 1.54) is 22.4 Å². The summed E-state index contributed by atoms with van der Waals surface area (Å²) in [5.74, 6) is -0.541. The van der Waals surface area contributed by atoms with E-state index < -0.39 is 12.0 Å². The van der Waals surface area contributed by atoms with Crippen molar-refractivity contribution in [1.29, 1.82) is 0 Å². The standard InChI is InChI=1S/C48H51Cl2N7O6/c49-38-30-39(50)37(29-36(38)40-13-8-10-24-51-40)46(60)53-43-31-41(55-57(43)35-11-5-4-6-12-35)47(61)52-25-9-3-1-2-7-14-45(59)56-26-21-34(22-27-56)33-17-15-32(16-18-33)23-28-63-42-19-20-44(58)54-48(42)62/h4-6,8,10-13,15-18,24,29-31,34,42H,1-3,7,9,14,19-23,25-28H2,(H,52,61)(H,53,60)(H,54,58,62). The molecular weight excluding hydrogens is 841 g/mol. The van der Waals surface area contributed by atoms with Gasteiger partial charge < -0.3 is 20.3 Å².